The Labute approximate surface area is 196 Å². The molecule has 0 radical (unpaired) electrons. The molecule has 0 bridgehead atoms. The Kier molecular flexibility index (Phi) is 6.19. The van der Waals surface area contributed by atoms with Crippen LogP contribution in [0.4, 0.5) is 0 Å². The molecule has 0 saturated carbocycles. The standard InChI is InChI=1S/C29H32N2O2/c1-30(29(33)27(22-10-4-2-5-11-22)23-12-6-3-7-13-23)28-25-20-24(32)16-14-21(25)15-17-26(28)31-18-8-9-19-31/h2-7,10-14,16,20,26-28,32H,8-9,15,17-19H2,1H3/t26-,28-/m0/s1. The van der Waals surface area contributed by atoms with Crippen molar-refractivity contribution >= 4 is 5.91 Å². The predicted octanol–water partition coefficient (Wildman–Crippen LogP) is 5.13. The quantitative estimate of drug-likeness (QED) is 0.598. The van der Waals surface area contributed by atoms with E-state index in [1.54, 1.807) is 6.07 Å². The lowest BCUT2D eigenvalue weighted by molar-refractivity contribution is -0.134. The number of nitrogens with zero attached hydrogens (tertiary/aromatic N) is 2. The van der Waals surface area contributed by atoms with Gasteiger partial charge in [0, 0.05) is 13.1 Å². The van der Waals surface area contributed by atoms with Crippen molar-refractivity contribution in [2.45, 2.75) is 43.7 Å². The van der Waals surface area contributed by atoms with Crippen molar-refractivity contribution in [3.8, 4) is 5.75 Å². The average molecular weight is 441 g/mol. The fourth-order valence-electron chi connectivity index (χ4n) is 5.79. The molecule has 2 aliphatic rings. The van der Waals surface area contributed by atoms with Crippen LogP contribution in [0.25, 0.3) is 0 Å². The van der Waals surface area contributed by atoms with Crippen LogP contribution < -0.4 is 0 Å². The molecule has 4 nitrogen and oxygen atoms in total. The molecular formula is C29H32N2O2. The Morgan fingerprint density at radius 1 is 0.939 bits per heavy atom. The van der Waals surface area contributed by atoms with Gasteiger partial charge in [0.25, 0.3) is 0 Å². The van der Waals surface area contributed by atoms with Gasteiger partial charge in [-0.2, -0.15) is 0 Å². The highest BCUT2D eigenvalue weighted by Gasteiger charge is 2.40. The van der Waals surface area contributed by atoms with Gasteiger partial charge in [-0.3, -0.25) is 9.69 Å². The molecule has 1 saturated heterocycles. The SMILES string of the molecule is CN(C(=O)C(c1ccccc1)c1ccccc1)[C@H]1c2cc(O)ccc2CC[C@@H]1N1CCCC1. The fourth-order valence-corrected chi connectivity index (χ4v) is 5.79. The summed E-state index contributed by atoms with van der Waals surface area (Å²) in [6.45, 7) is 2.16. The van der Waals surface area contributed by atoms with Crippen molar-refractivity contribution in [2.75, 3.05) is 20.1 Å². The Morgan fingerprint density at radius 3 is 2.15 bits per heavy atom. The zero-order valence-electron chi connectivity index (χ0n) is 19.2. The number of amides is 1. The van der Waals surface area contributed by atoms with Gasteiger partial charge in [0.15, 0.2) is 0 Å². The van der Waals surface area contributed by atoms with E-state index in [1.807, 2.05) is 84.7 Å². The van der Waals surface area contributed by atoms with E-state index in [2.05, 4.69) is 4.90 Å². The van der Waals surface area contributed by atoms with E-state index < -0.39 is 0 Å². The second-order valence-corrected chi connectivity index (χ2v) is 9.38. The molecule has 5 rings (SSSR count). The first-order valence-electron chi connectivity index (χ1n) is 12.1. The summed E-state index contributed by atoms with van der Waals surface area (Å²) in [6.07, 6.45) is 4.44. The van der Waals surface area contributed by atoms with Gasteiger partial charge in [0.05, 0.1) is 12.0 Å². The summed E-state index contributed by atoms with van der Waals surface area (Å²) in [7, 11) is 1.95. The molecule has 1 heterocycles. The first kappa shape index (κ1) is 21.7. The van der Waals surface area contributed by atoms with Crippen molar-refractivity contribution in [1.82, 2.24) is 9.80 Å². The second-order valence-electron chi connectivity index (χ2n) is 9.38. The van der Waals surface area contributed by atoms with Crippen LogP contribution in [0.5, 0.6) is 5.75 Å². The summed E-state index contributed by atoms with van der Waals surface area (Å²) in [5.74, 6) is 0.00134. The lowest BCUT2D eigenvalue weighted by Gasteiger charge is -2.44. The maximum atomic E-state index is 14.2. The number of fused-ring (bicyclic) bond motifs is 1. The molecule has 4 heteroatoms. The van der Waals surface area contributed by atoms with Gasteiger partial charge in [0.2, 0.25) is 5.91 Å². The molecule has 0 aromatic heterocycles. The molecule has 2 atom stereocenters. The molecule has 1 fully saturated rings. The first-order chi connectivity index (χ1) is 16.1. The number of rotatable bonds is 5. The predicted molar refractivity (Wildman–Crippen MR) is 131 cm³/mol. The number of likely N-dealkylation sites (N-methyl/N-ethyl adjacent to an activating group) is 1. The van der Waals surface area contributed by atoms with E-state index in [1.165, 1.54) is 18.4 Å². The highest BCUT2D eigenvalue weighted by Crippen LogP contribution is 2.41. The molecule has 3 aromatic carbocycles. The van der Waals surface area contributed by atoms with E-state index in [0.29, 0.717) is 0 Å². The Hall–Kier alpha value is -3.11. The molecule has 1 aliphatic carbocycles. The van der Waals surface area contributed by atoms with Crippen LogP contribution >= 0.6 is 0 Å². The van der Waals surface area contributed by atoms with Crippen molar-refractivity contribution < 1.29 is 9.90 Å². The highest BCUT2D eigenvalue weighted by molar-refractivity contribution is 5.87. The lowest BCUT2D eigenvalue weighted by atomic mass is 9.81. The van der Waals surface area contributed by atoms with Crippen LogP contribution in [-0.2, 0) is 11.2 Å². The normalized spacial score (nSPS) is 20.5. The van der Waals surface area contributed by atoms with Gasteiger partial charge in [-0.05, 0) is 73.2 Å². The summed E-state index contributed by atoms with van der Waals surface area (Å²) in [5, 5.41) is 10.3. The molecule has 1 N–H and O–H groups in total. The maximum absolute atomic E-state index is 14.2. The summed E-state index contributed by atoms with van der Waals surface area (Å²) in [6, 6.07) is 26.0. The molecule has 33 heavy (non-hydrogen) atoms. The third kappa shape index (κ3) is 4.28. The molecular weight excluding hydrogens is 408 g/mol. The van der Waals surface area contributed by atoms with Gasteiger partial charge >= 0.3 is 0 Å². The summed E-state index contributed by atoms with van der Waals surface area (Å²) in [4.78, 5) is 18.8. The van der Waals surface area contributed by atoms with Gasteiger partial charge in [-0.1, -0.05) is 66.7 Å². The molecule has 1 aliphatic heterocycles. The number of carbonyl (C=O) groups is 1. The van der Waals surface area contributed by atoms with E-state index in [9.17, 15) is 9.90 Å². The molecule has 0 unspecified atom stereocenters. The first-order valence-corrected chi connectivity index (χ1v) is 12.1. The third-order valence-electron chi connectivity index (χ3n) is 7.41. The highest BCUT2D eigenvalue weighted by atomic mass is 16.3. The number of aryl methyl sites for hydroxylation is 1. The number of hydrogen-bond acceptors (Lipinski definition) is 3. The van der Waals surface area contributed by atoms with Crippen molar-refractivity contribution in [1.29, 1.82) is 0 Å². The number of hydrogen-bond donors (Lipinski definition) is 1. The number of phenolic OH excluding ortho intramolecular Hbond substituents is 1. The largest absolute Gasteiger partial charge is 0.508 e. The minimum absolute atomic E-state index is 0.0821. The van der Waals surface area contributed by atoms with Crippen LogP contribution in [-0.4, -0.2) is 47.0 Å². The topological polar surface area (TPSA) is 43.8 Å². The van der Waals surface area contributed by atoms with Crippen LogP contribution in [0.15, 0.2) is 78.9 Å². The average Bonchev–Trinajstić information content (AvgIpc) is 3.39. The number of likely N-dealkylation sites (tertiary alicyclic amines) is 1. The summed E-state index contributed by atoms with van der Waals surface area (Å²) in [5.41, 5.74) is 4.34. The lowest BCUT2D eigenvalue weighted by Crippen LogP contribution is -2.49. The van der Waals surface area contributed by atoms with Gasteiger partial charge < -0.3 is 10.0 Å². The summed E-state index contributed by atoms with van der Waals surface area (Å²) >= 11 is 0. The Balaban J connectivity index is 1.56. The van der Waals surface area contributed by atoms with Crippen LogP contribution in [0, 0.1) is 0 Å². The zero-order chi connectivity index (χ0) is 22.8. The van der Waals surface area contributed by atoms with E-state index in [4.69, 9.17) is 0 Å². The Morgan fingerprint density at radius 2 is 1.55 bits per heavy atom. The monoisotopic (exact) mass is 440 g/mol. The minimum atomic E-state index is -0.362. The van der Waals surface area contributed by atoms with E-state index in [0.717, 1.165) is 42.6 Å². The van der Waals surface area contributed by atoms with Crippen molar-refractivity contribution in [3.63, 3.8) is 0 Å². The van der Waals surface area contributed by atoms with Gasteiger partial charge in [-0.15, -0.1) is 0 Å². The maximum Gasteiger partial charge on any atom is 0.234 e. The Bertz CT molecular complexity index is 1050. The zero-order valence-corrected chi connectivity index (χ0v) is 19.2. The third-order valence-corrected chi connectivity index (χ3v) is 7.41. The molecule has 0 spiro atoms. The summed E-state index contributed by atoms with van der Waals surface area (Å²) < 4.78 is 0. The fraction of sp³-hybridized carbons (Fsp3) is 0.345. The minimum Gasteiger partial charge on any atom is -0.508 e. The van der Waals surface area contributed by atoms with Crippen molar-refractivity contribution in [3.05, 3.63) is 101 Å². The smallest absolute Gasteiger partial charge is 0.234 e. The van der Waals surface area contributed by atoms with Crippen LogP contribution in [0.3, 0.4) is 0 Å². The second kappa shape index (κ2) is 9.40. The van der Waals surface area contributed by atoms with E-state index >= 15 is 0 Å². The van der Waals surface area contributed by atoms with Crippen molar-refractivity contribution in [2.24, 2.45) is 0 Å². The number of aromatic hydroxyl groups is 1. The molecule has 1 amide bonds. The van der Waals surface area contributed by atoms with E-state index in [-0.39, 0.29) is 29.7 Å². The number of phenols is 1. The van der Waals surface area contributed by atoms with Crippen LogP contribution in [0.1, 0.15) is 53.5 Å². The molecule has 170 valence electrons. The molecule has 3 aromatic rings. The van der Waals surface area contributed by atoms with Crippen LogP contribution in [0.2, 0.25) is 0 Å². The van der Waals surface area contributed by atoms with Gasteiger partial charge in [0.1, 0.15) is 5.75 Å². The van der Waals surface area contributed by atoms with Gasteiger partial charge in [-0.25, -0.2) is 0 Å². The number of benzene rings is 3. The number of carbonyl (C=O) groups excluding carboxylic acids is 1.